The number of hydrogen-bond donors (Lipinski definition) is 1. The highest BCUT2D eigenvalue weighted by molar-refractivity contribution is 6.31. The minimum absolute atomic E-state index is 0.0658. The molecule has 4 nitrogen and oxygen atoms in total. The second-order valence-electron chi connectivity index (χ2n) is 5.19. The van der Waals surface area contributed by atoms with Crippen molar-refractivity contribution in [3.8, 4) is 0 Å². The zero-order chi connectivity index (χ0) is 14.9. The number of carbonyl (C=O) groups excluding carboxylic acids is 1. The number of benzene rings is 1. The van der Waals surface area contributed by atoms with E-state index in [0.717, 1.165) is 0 Å². The highest BCUT2D eigenvalue weighted by Crippen LogP contribution is 2.25. The Balaban J connectivity index is 2.24. The largest absolute Gasteiger partial charge is 0.481 e. The van der Waals surface area contributed by atoms with E-state index in [2.05, 4.69) is 0 Å². The predicted molar refractivity (Wildman–Crippen MR) is 72.2 cm³/mol. The Kier molecular flexibility index (Phi) is 4.28. The fourth-order valence-corrected chi connectivity index (χ4v) is 2.71. The SMILES string of the molecule is CC1CC(C(=O)O)CN(C(=O)c2cccc(Cl)c2F)C1. The molecule has 2 atom stereocenters. The van der Waals surface area contributed by atoms with E-state index in [-0.39, 0.29) is 23.0 Å². The van der Waals surface area contributed by atoms with Crippen LogP contribution in [0.15, 0.2) is 18.2 Å². The maximum atomic E-state index is 13.9. The lowest BCUT2D eigenvalue weighted by molar-refractivity contribution is -0.143. The van der Waals surface area contributed by atoms with E-state index < -0.39 is 23.6 Å². The number of carboxylic acid groups (broad SMARTS) is 1. The number of nitrogens with zero attached hydrogens (tertiary/aromatic N) is 1. The molecule has 1 saturated heterocycles. The molecule has 1 amide bonds. The minimum Gasteiger partial charge on any atom is -0.481 e. The number of aliphatic carboxylic acids is 1. The van der Waals surface area contributed by atoms with Gasteiger partial charge in [0.1, 0.15) is 0 Å². The average molecular weight is 300 g/mol. The van der Waals surface area contributed by atoms with Crippen molar-refractivity contribution >= 4 is 23.5 Å². The molecule has 108 valence electrons. The molecule has 0 aromatic heterocycles. The molecule has 0 radical (unpaired) electrons. The lowest BCUT2D eigenvalue weighted by atomic mass is 9.90. The van der Waals surface area contributed by atoms with E-state index in [1.165, 1.54) is 23.1 Å². The molecule has 1 N–H and O–H groups in total. The molecular weight excluding hydrogens is 285 g/mol. The van der Waals surface area contributed by atoms with E-state index in [1.807, 2.05) is 6.92 Å². The molecule has 0 spiro atoms. The van der Waals surface area contributed by atoms with Crippen molar-refractivity contribution in [3.63, 3.8) is 0 Å². The smallest absolute Gasteiger partial charge is 0.308 e. The van der Waals surface area contributed by atoms with Gasteiger partial charge in [-0.25, -0.2) is 4.39 Å². The molecule has 2 unspecified atom stereocenters. The van der Waals surface area contributed by atoms with Gasteiger partial charge < -0.3 is 10.0 Å². The van der Waals surface area contributed by atoms with Crippen molar-refractivity contribution in [2.24, 2.45) is 11.8 Å². The standard InChI is InChI=1S/C14H15ClFNO3/c1-8-5-9(14(19)20)7-17(6-8)13(18)10-3-2-4-11(15)12(10)16/h2-4,8-9H,5-7H2,1H3,(H,19,20). The number of likely N-dealkylation sites (tertiary alicyclic amines) is 1. The Morgan fingerprint density at radius 1 is 1.40 bits per heavy atom. The van der Waals surface area contributed by atoms with Gasteiger partial charge in [0.25, 0.3) is 5.91 Å². The maximum absolute atomic E-state index is 13.9. The summed E-state index contributed by atoms with van der Waals surface area (Å²) in [5.41, 5.74) is -0.115. The van der Waals surface area contributed by atoms with E-state index in [0.29, 0.717) is 13.0 Å². The number of hydrogen-bond acceptors (Lipinski definition) is 2. The third kappa shape index (κ3) is 2.93. The first kappa shape index (κ1) is 14.8. The van der Waals surface area contributed by atoms with Crippen molar-refractivity contribution in [3.05, 3.63) is 34.6 Å². The van der Waals surface area contributed by atoms with Crippen molar-refractivity contribution in [2.45, 2.75) is 13.3 Å². The van der Waals surface area contributed by atoms with E-state index in [9.17, 15) is 14.0 Å². The third-order valence-corrected chi connectivity index (χ3v) is 3.77. The van der Waals surface area contributed by atoms with Crippen LogP contribution in [0.3, 0.4) is 0 Å². The van der Waals surface area contributed by atoms with E-state index >= 15 is 0 Å². The molecule has 0 aliphatic carbocycles. The second kappa shape index (κ2) is 5.79. The summed E-state index contributed by atoms with van der Waals surface area (Å²) >= 11 is 5.66. The Morgan fingerprint density at radius 3 is 2.75 bits per heavy atom. The van der Waals surface area contributed by atoms with Crippen molar-refractivity contribution in [1.82, 2.24) is 4.90 Å². The van der Waals surface area contributed by atoms with Crippen LogP contribution in [-0.2, 0) is 4.79 Å². The predicted octanol–water partition coefficient (Wildman–Crippen LogP) is 2.66. The van der Waals surface area contributed by atoms with E-state index in [4.69, 9.17) is 16.7 Å². The Labute approximate surface area is 121 Å². The summed E-state index contributed by atoms with van der Waals surface area (Å²) in [5, 5.41) is 8.98. The summed E-state index contributed by atoms with van der Waals surface area (Å²) in [7, 11) is 0. The molecule has 1 fully saturated rings. The van der Waals surface area contributed by atoms with Gasteiger partial charge in [-0.2, -0.15) is 0 Å². The summed E-state index contributed by atoms with van der Waals surface area (Å²) < 4.78 is 13.9. The summed E-state index contributed by atoms with van der Waals surface area (Å²) in [6.07, 6.45) is 0.525. The van der Waals surface area contributed by atoms with Gasteiger partial charge in [0.2, 0.25) is 0 Å². The van der Waals surface area contributed by atoms with Crippen LogP contribution in [0.5, 0.6) is 0 Å². The maximum Gasteiger partial charge on any atom is 0.308 e. The molecule has 20 heavy (non-hydrogen) atoms. The molecule has 1 heterocycles. The summed E-state index contributed by atoms with van der Waals surface area (Å²) in [4.78, 5) is 24.8. The number of rotatable bonds is 2. The monoisotopic (exact) mass is 299 g/mol. The van der Waals surface area contributed by atoms with Crippen LogP contribution in [0.25, 0.3) is 0 Å². The third-order valence-electron chi connectivity index (χ3n) is 3.48. The fourth-order valence-electron chi connectivity index (χ4n) is 2.54. The van der Waals surface area contributed by atoms with Gasteiger partial charge in [0.15, 0.2) is 5.82 Å². The Hall–Kier alpha value is -1.62. The van der Waals surface area contributed by atoms with Crippen molar-refractivity contribution < 1.29 is 19.1 Å². The number of amides is 1. The van der Waals surface area contributed by atoms with Gasteiger partial charge in [-0.1, -0.05) is 24.6 Å². The molecular formula is C14H15ClFNO3. The van der Waals surface area contributed by atoms with Gasteiger partial charge in [-0.3, -0.25) is 9.59 Å². The summed E-state index contributed by atoms with van der Waals surface area (Å²) in [5.74, 6) is -2.74. The van der Waals surface area contributed by atoms with Crippen LogP contribution in [0.4, 0.5) is 4.39 Å². The average Bonchev–Trinajstić information content (AvgIpc) is 2.40. The molecule has 0 bridgehead atoms. The molecule has 1 aromatic carbocycles. The van der Waals surface area contributed by atoms with Crippen LogP contribution in [0.2, 0.25) is 5.02 Å². The van der Waals surface area contributed by atoms with Crippen LogP contribution in [0.1, 0.15) is 23.7 Å². The number of piperidine rings is 1. The lowest BCUT2D eigenvalue weighted by Gasteiger charge is -2.34. The van der Waals surface area contributed by atoms with Crippen LogP contribution in [0, 0.1) is 17.7 Å². The normalized spacial score (nSPS) is 22.6. The van der Waals surface area contributed by atoms with Gasteiger partial charge in [0.05, 0.1) is 16.5 Å². The quantitative estimate of drug-likeness (QED) is 0.913. The number of carbonyl (C=O) groups is 2. The molecule has 1 aliphatic heterocycles. The fraction of sp³-hybridized carbons (Fsp3) is 0.429. The first-order valence-corrected chi connectivity index (χ1v) is 6.74. The Morgan fingerprint density at radius 2 is 2.10 bits per heavy atom. The van der Waals surface area contributed by atoms with Gasteiger partial charge in [-0.05, 0) is 24.5 Å². The van der Waals surface area contributed by atoms with Gasteiger partial charge >= 0.3 is 5.97 Å². The highest BCUT2D eigenvalue weighted by Gasteiger charge is 2.33. The van der Waals surface area contributed by atoms with Gasteiger partial charge in [-0.15, -0.1) is 0 Å². The lowest BCUT2D eigenvalue weighted by Crippen LogP contribution is -2.45. The molecule has 0 saturated carbocycles. The molecule has 2 rings (SSSR count). The first-order chi connectivity index (χ1) is 9.40. The molecule has 6 heteroatoms. The topological polar surface area (TPSA) is 57.6 Å². The Bertz CT molecular complexity index is 549. The van der Waals surface area contributed by atoms with E-state index in [1.54, 1.807) is 0 Å². The zero-order valence-electron chi connectivity index (χ0n) is 11.0. The van der Waals surface area contributed by atoms with Crippen molar-refractivity contribution in [1.29, 1.82) is 0 Å². The molecule has 1 aliphatic rings. The van der Waals surface area contributed by atoms with Crippen LogP contribution < -0.4 is 0 Å². The number of halogens is 2. The van der Waals surface area contributed by atoms with Crippen molar-refractivity contribution in [2.75, 3.05) is 13.1 Å². The minimum atomic E-state index is -0.930. The summed E-state index contributed by atoms with van der Waals surface area (Å²) in [6, 6.07) is 4.23. The zero-order valence-corrected chi connectivity index (χ0v) is 11.7. The number of carboxylic acids is 1. The molecule has 1 aromatic rings. The highest BCUT2D eigenvalue weighted by atomic mass is 35.5. The van der Waals surface area contributed by atoms with Gasteiger partial charge in [0, 0.05) is 13.1 Å². The first-order valence-electron chi connectivity index (χ1n) is 6.36. The summed E-state index contributed by atoms with van der Waals surface area (Å²) in [6.45, 7) is 2.41. The van der Waals surface area contributed by atoms with Crippen LogP contribution in [-0.4, -0.2) is 35.0 Å². The van der Waals surface area contributed by atoms with Crippen LogP contribution >= 0.6 is 11.6 Å². The second-order valence-corrected chi connectivity index (χ2v) is 5.59.